The summed E-state index contributed by atoms with van der Waals surface area (Å²) in [6.07, 6.45) is -0.727. The number of nitrogens with one attached hydrogen (secondary N) is 1. The molecule has 5 heteroatoms. The van der Waals surface area contributed by atoms with Gasteiger partial charge in [-0.15, -0.1) is 0 Å². The van der Waals surface area contributed by atoms with Gasteiger partial charge in [0.2, 0.25) is 0 Å². The van der Waals surface area contributed by atoms with Gasteiger partial charge in [0.15, 0.2) is 0 Å². The van der Waals surface area contributed by atoms with Crippen LogP contribution in [0.1, 0.15) is 44.2 Å². The van der Waals surface area contributed by atoms with Crippen molar-refractivity contribution in [1.82, 2.24) is 5.43 Å². The number of hydrogen-bond acceptors (Lipinski definition) is 2. The molecule has 0 saturated carbocycles. The lowest BCUT2D eigenvalue weighted by molar-refractivity contribution is -0.137. The number of nitrogens with two attached hydrogens (primary N) is 1. The minimum Gasteiger partial charge on any atom is -0.271 e. The molecule has 0 aliphatic carbocycles. The first-order chi connectivity index (χ1) is 9.36. The van der Waals surface area contributed by atoms with Crippen molar-refractivity contribution in [2.45, 2.75) is 51.7 Å². The number of hydrazine groups is 1. The van der Waals surface area contributed by atoms with E-state index in [2.05, 4.69) is 19.3 Å². The molecule has 20 heavy (non-hydrogen) atoms. The maximum absolute atomic E-state index is 12.7. The second-order valence-corrected chi connectivity index (χ2v) is 5.40. The lowest BCUT2D eigenvalue weighted by atomic mass is 9.93. The fraction of sp³-hybridized carbons (Fsp3) is 0.600. The van der Waals surface area contributed by atoms with Gasteiger partial charge in [0, 0.05) is 6.04 Å². The van der Waals surface area contributed by atoms with Gasteiger partial charge in [0.05, 0.1) is 5.56 Å². The summed E-state index contributed by atoms with van der Waals surface area (Å²) < 4.78 is 38.0. The molecule has 0 spiro atoms. The fourth-order valence-corrected chi connectivity index (χ4v) is 2.47. The third-order valence-electron chi connectivity index (χ3n) is 3.44. The van der Waals surface area contributed by atoms with E-state index in [1.54, 1.807) is 6.07 Å². The molecule has 0 aliphatic rings. The van der Waals surface area contributed by atoms with Gasteiger partial charge in [0.25, 0.3) is 0 Å². The highest BCUT2D eigenvalue weighted by Crippen LogP contribution is 2.30. The molecule has 0 bridgehead atoms. The van der Waals surface area contributed by atoms with Gasteiger partial charge in [-0.05, 0) is 30.4 Å². The first-order valence-corrected chi connectivity index (χ1v) is 6.99. The molecule has 1 rings (SSSR count). The predicted molar refractivity (Wildman–Crippen MR) is 74.9 cm³/mol. The molecule has 2 atom stereocenters. The average Bonchev–Trinajstić information content (AvgIpc) is 2.37. The molecule has 0 aliphatic heterocycles. The molecule has 0 radical (unpaired) electrons. The van der Waals surface area contributed by atoms with Gasteiger partial charge in [0.1, 0.15) is 0 Å². The van der Waals surface area contributed by atoms with Crippen molar-refractivity contribution in [1.29, 1.82) is 0 Å². The second-order valence-electron chi connectivity index (χ2n) is 5.40. The van der Waals surface area contributed by atoms with Crippen LogP contribution in [0.25, 0.3) is 0 Å². The number of hydrogen-bond donors (Lipinski definition) is 2. The Kier molecular flexibility index (Phi) is 6.49. The molecule has 2 nitrogen and oxygen atoms in total. The van der Waals surface area contributed by atoms with Crippen molar-refractivity contribution in [3.8, 4) is 0 Å². The van der Waals surface area contributed by atoms with E-state index in [0.29, 0.717) is 17.9 Å². The Balaban J connectivity index is 2.70. The quantitative estimate of drug-likeness (QED) is 0.590. The van der Waals surface area contributed by atoms with Crippen LogP contribution >= 0.6 is 0 Å². The fourth-order valence-electron chi connectivity index (χ4n) is 2.47. The van der Waals surface area contributed by atoms with Crippen molar-refractivity contribution in [3.05, 3.63) is 35.4 Å². The number of rotatable bonds is 7. The Labute approximate surface area is 118 Å². The highest BCUT2D eigenvalue weighted by atomic mass is 19.4. The summed E-state index contributed by atoms with van der Waals surface area (Å²) in [6, 6.07) is 5.45. The van der Waals surface area contributed by atoms with E-state index in [-0.39, 0.29) is 6.04 Å². The summed E-state index contributed by atoms with van der Waals surface area (Å²) in [4.78, 5) is 0. The third-order valence-corrected chi connectivity index (χ3v) is 3.44. The van der Waals surface area contributed by atoms with E-state index in [9.17, 15) is 13.2 Å². The van der Waals surface area contributed by atoms with Crippen LogP contribution < -0.4 is 11.3 Å². The molecule has 2 unspecified atom stereocenters. The van der Waals surface area contributed by atoms with E-state index in [1.807, 2.05) is 0 Å². The van der Waals surface area contributed by atoms with Crippen LogP contribution in [0.4, 0.5) is 13.2 Å². The molecule has 0 amide bonds. The van der Waals surface area contributed by atoms with Crippen molar-refractivity contribution < 1.29 is 13.2 Å². The molecular formula is C15H23F3N2. The molecule has 114 valence electrons. The van der Waals surface area contributed by atoms with Crippen LogP contribution in [0.2, 0.25) is 0 Å². The summed E-state index contributed by atoms with van der Waals surface area (Å²) in [5.74, 6) is 6.02. The van der Waals surface area contributed by atoms with Gasteiger partial charge in [-0.2, -0.15) is 13.2 Å². The Bertz CT molecular complexity index is 404. The second kappa shape index (κ2) is 7.64. The zero-order valence-corrected chi connectivity index (χ0v) is 12.0. The monoisotopic (exact) mass is 288 g/mol. The van der Waals surface area contributed by atoms with Crippen molar-refractivity contribution in [2.24, 2.45) is 11.8 Å². The SMILES string of the molecule is CCCC(C)CC(Cc1cccc(C(F)(F)F)c1)NN. The minimum atomic E-state index is -4.29. The third kappa shape index (κ3) is 5.51. The van der Waals surface area contributed by atoms with Crippen LogP contribution in [0.3, 0.4) is 0 Å². The molecule has 3 N–H and O–H groups in total. The topological polar surface area (TPSA) is 38.0 Å². The standard InChI is InChI=1S/C15H23F3N2/c1-3-5-11(2)8-14(20-19)10-12-6-4-7-13(9-12)15(16,17)18/h4,6-7,9,11,14,20H,3,5,8,10,19H2,1-2H3. The Morgan fingerprint density at radius 2 is 2.00 bits per heavy atom. The van der Waals surface area contributed by atoms with E-state index < -0.39 is 11.7 Å². The average molecular weight is 288 g/mol. The molecule has 0 heterocycles. The van der Waals surface area contributed by atoms with Crippen LogP contribution in [-0.2, 0) is 12.6 Å². The lowest BCUT2D eigenvalue weighted by Crippen LogP contribution is -2.38. The van der Waals surface area contributed by atoms with E-state index in [0.717, 1.165) is 25.3 Å². The first kappa shape index (κ1) is 17.0. The van der Waals surface area contributed by atoms with Gasteiger partial charge in [-0.3, -0.25) is 11.3 Å². The summed E-state index contributed by atoms with van der Waals surface area (Å²) in [5, 5.41) is 0. The summed E-state index contributed by atoms with van der Waals surface area (Å²) >= 11 is 0. The van der Waals surface area contributed by atoms with Crippen LogP contribution in [0.15, 0.2) is 24.3 Å². The Morgan fingerprint density at radius 1 is 1.30 bits per heavy atom. The largest absolute Gasteiger partial charge is 0.416 e. The molecule has 0 aromatic heterocycles. The van der Waals surface area contributed by atoms with Crippen LogP contribution in [-0.4, -0.2) is 6.04 Å². The van der Waals surface area contributed by atoms with Crippen molar-refractivity contribution >= 4 is 0 Å². The van der Waals surface area contributed by atoms with Crippen molar-refractivity contribution in [3.63, 3.8) is 0 Å². The highest BCUT2D eigenvalue weighted by Gasteiger charge is 2.30. The van der Waals surface area contributed by atoms with Crippen LogP contribution in [0, 0.1) is 5.92 Å². The van der Waals surface area contributed by atoms with Crippen LogP contribution in [0.5, 0.6) is 0 Å². The van der Waals surface area contributed by atoms with E-state index >= 15 is 0 Å². The molecule has 0 saturated heterocycles. The Hall–Kier alpha value is -1.07. The van der Waals surface area contributed by atoms with Gasteiger partial charge < -0.3 is 0 Å². The normalized spacial score (nSPS) is 15.1. The predicted octanol–water partition coefficient (Wildman–Crippen LogP) is 3.91. The molecule has 0 fully saturated rings. The van der Waals surface area contributed by atoms with Gasteiger partial charge >= 0.3 is 6.18 Å². The van der Waals surface area contributed by atoms with Gasteiger partial charge in [-0.25, -0.2) is 0 Å². The van der Waals surface area contributed by atoms with E-state index in [4.69, 9.17) is 5.84 Å². The molecular weight excluding hydrogens is 265 g/mol. The zero-order chi connectivity index (χ0) is 15.2. The number of benzene rings is 1. The zero-order valence-electron chi connectivity index (χ0n) is 12.0. The number of alkyl halides is 3. The Morgan fingerprint density at radius 3 is 2.55 bits per heavy atom. The first-order valence-electron chi connectivity index (χ1n) is 6.99. The molecule has 1 aromatic rings. The minimum absolute atomic E-state index is 0.0000312. The molecule has 1 aromatic carbocycles. The maximum Gasteiger partial charge on any atom is 0.416 e. The van der Waals surface area contributed by atoms with Crippen molar-refractivity contribution in [2.75, 3.05) is 0 Å². The summed E-state index contributed by atoms with van der Waals surface area (Å²) in [6.45, 7) is 4.26. The smallest absolute Gasteiger partial charge is 0.271 e. The maximum atomic E-state index is 12.7. The summed E-state index contributed by atoms with van der Waals surface area (Å²) in [5.41, 5.74) is 2.77. The summed E-state index contributed by atoms with van der Waals surface area (Å²) in [7, 11) is 0. The van der Waals surface area contributed by atoms with Gasteiger partial charge in [-0.1, -0.05) is 44.9 Å². The highest BCUT2D eigenvalue weighted by molar-refractivity contribution is 5.26. The van der Waals surface area contributed by atoms with E-state index in [1.165, 1.54) is 12.1 Å². The lowest BCUT2D eigenvalue weighted by Gasteiger charge is -2.20. The number of halogens is 3.